The molecule has 1 saturated heterocycles. The number of carbonyl (C=O) groups excluding carboxylic acids is 2. The van der Waals surface area contributed by atoms with E-state index in [1.54, 1.807) is 35.7 Å². The van der Waals surface area contributed by atoms with Crippen LogP contribution in [-0.4, -0.2) is 44.0 Å². The molecule has 1 aliphatic heterocycles. The van der Waals surface area contributed by atoms with Crippen molar-refractivity contribution in [3.05, 3.63) is 114 Å². The lowest BCUT2D eigenvalue weighted by Crippen LogP contribution is -2.31. The number of thioether (sulfide) groups is 1. The summed E-state index contributed by atoms with van der Waals surface area (Å²) in [6.07, 6.45) is 3.86. The van der Waals surface area contributed by atoms with Crippen molar-refractivity contribution in [1.82, 2.24) is 20.8 Å². The molecule has 10 nitrogen and oxygen atoms in total. The molecule has 3 atom stereocenters. The second kappa shape index (κ2) is 16.3. The van der Waals surface area contributed by atoms with E-state index < -0.39 is 12.2 Å². The Morgan fingerprint density at radius 1 is 0.867 bits per heavy atom. The summed E-state index contributed by atoms with van der Waals surface area (Å²) in [7, 11) is 0. The van der Waals surface area contributed by atoms with E-state index in [2.05, 4.69) is 15.3 Å². The largest absolute Gasteiger partial charge is 0.392 e. The first-order valence-corrected chi connectivity index (χ1v) is 15.8. The van der Waals surface area contributed by atoms with Crippen molar-refractivity contribution in [3.8, 4) is 11.1 Å². The number of carbonyl (C=O) groups is 2. The van der Waals surface area contributed by atoms with Crippen molar-refractivity contribution in [3.63, 3.8) is 0 Å². The molecule has 4 aromatic rings. The lowest BCUT2D eigenvalue weighted by atomic mass is 9.97. The van der Waals surface area contributed by atoms with Crippen LogP contribution in [-0.2, 0) is 32.2 Å². The third-order valence-corrected chi connectivity index (χ3v) is 8.48. The lowest BCUT2D eigenvalue weighted by molar-refractivity contribution is -0.245. The number of nitrogens with one attached hydrogen (secondary N) is 2. The van der Waals surface area contributed by atoms with E-state index in [9.17, 15) is 14.7 Å². The number of aromatic nitrogens is 2. The Bertz CT molecular complexity index is 1540. The summed E-state index contributed by atoms with van der Waals surface area (Å²) in [6.45, 7) is 0.334. The fraction of sp³-hybridized carbons (Fsp3) is 0.294. The van der Waals surface area contributed by atoms with Crippen molar-refractivity contribution in [2.45, 2.75) is 62.5 Å². The number of benzene rings is 3. The topological polar surface area (TPSA) is 143 Å². The molecule has 0 aliphatic carbocycles. The van der Waals surface area contributed by atoms with Crippen LogP contribution in [0.25, 0.3) is 11.1 Å². The van der Waals surface area contributed by atoms with Gasteiger partial charge in [0.15, 0.2) is 11.4 Å². The maximum Gasteiger partial charge on any atom is 0.243 e. The van der Waals surface area contributed by atoms with Gasteiger partial charge in [-0.15, -0.1) is 0 Å². The Kier molecular flexibility index (Phi) is 11.7. The fourth-order valence-electron chi connectivity index (χ4n) is 5.07. The van der Waals surface area contributed by atoms with Crippen LogP contribution in [0.5, 0.6) is 0 Å². The third kappa shape index (κ3) is 9.19. The molecule has 0 unspecified atom stereocenters. The maximum absolute atomic E-state index is 12.3. The number of aliphatic hydroxyl groups is 1. The van der Waals surface area contributed by atoms with Crippen molar-refractivity contribution >= 4 is 23.6 Å². The van der Waals surface area contributed by atoms with Gasteiger partial charge in [0.05, 0.1) is 18.8 Å². The van der Waals surface area contributed by atoms with E-state index in [-0.39, 0.29) is 37.6 Å². The zero-order valence-electron chi connectivity index (χ0n) is 24.7. The number of ether oxygens (including phenoxy) is 2. The van der Waals surface area contributed by atoms with E-state index in [4.69, 9.17) is 14.7 Å². The third-order valence-electron chi connectivity index (χ3n) is 7.47. The molecule has 4 N–H and O–H groups in total. The zero-order chi connectivity index (χ0) is 31.4. The second-order valence-electron chi connectivity index (χ2n) is 10.6. The van der Waals surface area contributed by atoms with E-state index in [1.165, 1.54) is 0 Å². The summed E-state index contributed by atoms with van der Waals surface area (Å²) >= 11 is 1.55. The summed E-state index contributed by atoms with van der Waals surface area (Å²) in [5.41, 5.74) is 7.28. The van der Waals surface area contributed by atoms with E-state index in [0.717, 1.165) is 33.4 Å². The van der Waals surface area contributed by atoms with Gasteiger partial charge in [-0.2, -0.15) is 0 Å². The molecule has 0 saturated carbocycles. The highest BCUT2D eigenvalue weighted by atomic mass is 32.2. The van der Waals surface area contributed by atoms with Crippen molar-refractivity contribution in [2.75, 3.05) is 5.75 Å². The number of amides is 2. The molecule has 2 heterocycles. The van der Waals surface area contributed by atoms with Crippen molar-refractivity contribution in [2.24, 2.45) is 0 Å². The average Bonchev–Trinajstić information content (AvgIpc) is 3.10. The number of nitrogens with zero attached hydrogens (tertiary/aromatic N) is 2. The van der Waals surface area contributed by atoms with Crippen molar-refractivity contribution in [1.29, 1.82) is 0 Å². The zero-order valence-corrected chi connectivity index (χ0v) is 25.5. The normalized spacial score (nSPS) is 17.9. The van der Waals surface area contributed by atoms with Gasteiger partial charge in [0.25, 0.3) is 0 Å². The summed E-state index contributed by atoms with van der Waals surface area (Å²) in [6, 6.07) is 25.5. The smallest absolute Gasteiger partial charge is 0.243 e. The monoisotopic (exact) mass is 628 g/mol. The van der Waals surface area contributed by atoms with Crippen molar-refractivity contribution < 1.29 is 29.4 Å². The van der Waals surface area contributed by atoms with Crippen LogP contribution >= 0.6 is 11.8 Å². The molecule has 2 amide bonds. The van der Waals surface area contributed by atoms with Crippen LogP contribution in [0.4, 0.5) is 0 Å². The van der Waals surface area contributed by atoms with Gasteiger partial charge in [0.1, 0.15) is 0 Å². The first kappa shape index (κ1) is 32.3. The number of hydrogen-bond acceptors (Lipinski definition) is 9. The van der Waals surface area contributed by atoms with Crippen LogP contribution in [0.1, 0.15) is 60.3 Å². The molecule has 5 rings (SSSR count). The Morgan fingerprint density at radius 2 is 1.58 bits per heavy atom. The number of hydrogen-bond donors (Lipinski definition) is 4. The lowest BCUT2D eigenvalue weighted by Gasteiger charge is -2.36. The van der Waals surface area contributed by atoms with Crippen LogP contribution in [0.2, 0.25) is 0 Å². The molecule has 1 aliphatic rings. The standard InChI is InChI=1S/C34H36N4O6S/c39-21-23-9-11-25(12-10-23)30-19-28(22-45-34-35-17-4-18-36-34)43-33(44-30)26-15-13-24(14-16-26)29-6-2-1-5-27(29)20-37-31(40)7-3-8-32(41)38-42/h1-2,4-6,9-18,28,30,33,39,42H,3,7-8,19-22H2,(H,37,40)(H,38,41)/t28-,30+,33+/m0/s1. The molecule has 0 bridgehead atoms. The molecule has 0 spiro atoms. The Labute approximate surface area is 266 Å². The quantitative estimate of drug-likeness (QED) is 0.0674. The highest BCUT2D eigenvalue weighted by Gasteiger charge is 2.32. The van der Waals surface area contributed by atoms with Crippen LogP contribution in [0.3, 0.4) is 0 Å². The van der Waals surface area contributed by atoms with Gasteiger partial charge in [0.2, 0.25) is 11.8 Å². The molecule has 3 aromatic carbocycles. The number of aliphatic hydroxyl groups excluding tert-OH is 1. The van der Waals surface area contributed by atoms with Crippen LogP contribution in [0.15, 0.2) is 96.4 Å². The van der Waals surface area contributed by atoms with Gasteiger partial charge in [-0.05, 0) is 40.3 Å². The SMILES string of the molecule is O=C(CCCC(=O)NCc1ccccc1-c1ccc([C@@H]2O[C@H](CSc3ncccn3)C[C@H](c3ccc(CO)cc3)O2)cc1)NO. The molecule has 0 radical (unpaired) electrons. The summed E-state index contributed by atoms with van der Waals surface area (Å²) < 4.78 is 12.9. The van der Waals surface area contributed by atoms with Crippen LogP contribution in [0, 0.1) is 0 Å². The van der Waals surface area contributed by atoms with Gasteiger partial charge < -0.3 is 19.9 Å². The number of hydroxylamine groups is 1. The first-order valence-electron chi connectivity index (χ1n) is 14.8. The van der Waals surface area contributed by atoms with Gasteiger partial charge in [0, 0.05) is 49.5 Å². The first-order chi connectivity index (χ1) is 22.0. The summed E-state index contributed by atoms with van der Waals surface area (Å²) in [5, 5.41) is 21.7. The molecule has 234 valence electrons. The molecule has 45 heavy (non-hydrogen) atoms. The van der Waals surface area contributed by atoms with Gasteiger partial charge in [-0.1, -0.05) is 84.6 Å². The molecular formula is C34H36N4O6S. The number of rotatable bonds is 13. The predicted octanol–water partition coefficient (Wildman–Crippen LogP) is 5.27. The fourth-order valence-corrected chi connectivity index (χ4v) is 5.89. The average molecular weight is 629 g/mol. The highest BCUT2D eigenvalue weighted by Crippen LogP contribution is 2.39. The Hall–Kier alpha value is -4.13. The minimum atomic E-state index is -0.583. The van der Waals surface area contributed by atoms with E-state index >= 15 is 0 Å². The molecule has 1 fully saturated rings. The van der Waals surface area contributed by atoms with Gasteiger partial charge in [-0.25, -0.2) is 15.4 Å². The second-order valence-corrected chi connectivity index (χ2v) is 11.6. The van der Waals surface area contributed by atoms with Gasteiger partial charge in [-0.3, -0.25) is 14.8 Å². The minimum Gasteiger partial charge on any atom is -0.392 e. The minimum absolute atomic E-state index is 0.0127. The van der Waals surface area contributed by atoms with E-state index in [1.807, 2.05) is 72.8 Å². The maximum atomic E-state index is 12.3. The van der Waals surface area contributed by atoms with Gasteiger partial charge >= 0.3 is 0 Å². The Balaban J connectivity index is 1.27. The highest BCUT2D eigenvalue weighted by molar-refractivity contribution is 7.99. The van der Waals surface area contributed by atoms with Crippen LogP contribution < -0.4 is 10.8 Å². The summed E-state index contributed by atoms with van der Waals surface area (Å²) in [5.74, 6) is -0.00500. The molecule has 1 aromatic heterocycles. The molecule has 11 heteroatoms. The molecular weight excluding hydrogens is 592 g/mol. The Morgan fingerprint density at radius 3 is 2.31 bits per heavy atom. The predicted molar refractivity (Wildman–Crippen MR) is 169 cm³/mol. The van der Waals surface area contributed by atoms with E-state index in [0.29, 0.717) is 30.3 Å². The summed E-state index contributed by atoms with van der Waals surface area (Å²) in [4.78, 5) is 32.1.